The van der Waals surface area contributed by atoms with E-state index in [-0.39, 0.29) is 5.56 Å². The van der Waals surface area contributed by atoms with Crippen molar-refractivity contribution >= 4 is 17.6 Å². The van der Waals surface area contributed by atoms with Gasteiger partial charge in [-0.15, -0.1) is 0 Å². The number of fused-ring (bicyclic) bond motifs is 1. The second-order valence-electron chi connectivity index (χ2n) is 6.91. The molecule has 0 radical (unpaired) electrons. The number of carbonyl (C=O) groups is 1. The Labute approximate surface area is 178 Å². The third-order valence-electron chi connectivity index (χ3n) is 4.94. The highest BCUT2D eigenvalue weighted by Crippen LogP contribution is 2.44. The first-order chi connectivity index (χ1) is 14.5. The van der Waals surface area contributed by atoms with Gasteiger partial charge in [0.1, 0.15) is 23.9 Å². The van der Waals surface area contributed by atoms with Gasteiger partial charge in [0.2, 0.25) is 6.10 Å². The standard InChI is InChI=1S/C23H19ClO6/c1-13-11-18-20(22(25)29-13)19(21(30-18)23(26)27-2)16-5-3-4-6-17(16)28-12-14-7-9-15(24)10-8-14/h3-11,19,21H,12H2,1-2H3/t19-,21+/m1/s1. The number of rotatable bonds is 5. The molecule has 7 heteroatoms. The first kappa shape index (κ1) is 20.0. The van der Waals surface area contributed by atoms with Gasteiger partial charge in [-0.25, -0.2) is 9.59 Å². The van der Waals surface area contributed by atoms with Crippen molar-refractivity contribution in [3.8, 4) is 11.5 Å². The second kappa shape index (κ2) is 8.24. The van der Waals surface area contributed by atoms with Crippen LogP contribution in [0.1, 0.15) is 28.4 Å². The van der Waals surface area contributed by atoms with Crippen LogP contribution in [0.15, 0.2) is 63.8 Å². The third-order valence-corrected chi connectivity index (χ3v) is 5.19. The van der Waals surface area contributed by atoms with Crippen molar-refractivity contribution in [2.75, 3.05) is 7.11 Å². The number of para-hydroxylation sites is 1. The van der Waals surface area contributed by atoms with Crippen LogP contribution in [0.3, 0.4) is 0 Å². The van der Waals surface area contributed by atoms with Crippen molar-refractivity contribution in [3.63, 3.8) is 0 Å². The molecule has 1 aromatic heterocycles. The Morgan fingerprint density at radius 2 is 1.87 bits per heavy atom. The van der Waals surface area contributed by atoms with Crippen LogP contribution in [0.25, 0.3) is 0 Å². The van der Waals surface area contributed by atoms with Crippen molar-refractivity contribution in [2.45, 2.75) is 25.6 Å². The van der Waals surface area contributed by atoms with Crippen LogP contribution in [0.2, 0.25) is 5.02 Å². The van der Waals surface area contributed by atoms with Crippen molar-refractivity contribution in [2.24, 2.45) is 0 Å². The van der Waals surface area contributed by atoms with Gasteiger partial charge in [0.15, 0.2) is 0 Å². The van der Waals surface area contributed by atoms with Crippen LogP contribution < -0.4 is 15.1 Å². The van der Waals surface area contributed by atoms with Gasteiger partial charge < -0.3 is 18.6 Å². The number of aryl methyl sites for hydroxylation is 1. The lowest BCUT2D eigenvalue weighted by atomic mass is 9.88. The number of carbonyl (C=O) groups excluding carboxylic acids is 1. The largest absolute Gasteiger partial charge is 0.489 e. The summed E-state index contributed by atoms with van der Waals surface area (Å²) >= 11 is 5.94. The zero-order valence-corrected chi connectivity index (χ0v) is 17.1. The predicted molar refractivity (Wildman–Crippen MR) is 110 cm³/mol. The zero-order valence-electron chi connectivity index (χ0n) is 16.4. The van der Waals surface area contributed by atoms with E-state index in [1.54, 1.807) is 37.3 Å². The molecule has 0 amide bonds. The normalized spacial score (nSPS) is 17.2. The molecule has 6 nitrogen and oxygen atoms in total. The molecular weight excluding hydrogens is 408 g/mol. The molecule has 2 aromatic carbocycles. The SMILES string of the molecule is COC(=O)[C@H]1Oc2cc(C)oc(=O)c2[C@H]1c1ccccc1OCc1ccc(Cl)cc1. The van der Waals surface area contributed by atoms with Crippen molar-refractivity contribution in [3.05, 3.63) is 92.5 Å². The maximum absolute atomic E-state index is 12.6. The molecule has 0 saturated heterocycles. The summed E-state index contributed by atoms with van der Waals surface area (Å²) in [5.41, 5.74) is 1.29. The van der Waals surface area contributed by atoms with Gasteiger partial charge in [0, 0.05) is 16.7 Å². The average Bonchev–Trinajstić information content (AvgIpc) is 3.12. The molecule has 0 saturated carbocycles. The van der Waals surface area contributed by atoms with Crippen LogP contribution in [-0.2, 0) is 16.1 Å². The molecule has 2 heterocycles. The maximum Gasteiger partial charge on any atom is 0.348 e. The minimum atomic E-state index is -1.02. The van der Waals surface area contributed by atoms with E-state index in [1.165, 1.54) is 7.11 Å². The van der Waals surface area contributed by atoms with Crippen molar-refractivity contribution < 1.29 is 23.4 Å². The average molecular weight is 427 g/mol. The van der Waals surface area contributed by atoms with Gasteiger partial charge in [-0.3, -0.25) is 0 Å². The van der Waals surface area contributed by atoms with Gasteiger partial charge in [-0.2, -0.15) is 0 Å². The van der Waals surface area contributed by atoms with Crippen LogP contribution in [0.4, 0.5) is 0 Å². The number of hydrogen-bond acceptors (Lipinski definition) is 6. The van der Waals surface area contributed by atoms with Gasteiger partial charge in [0.25, 0.3) is 0 Å². The Bertz CT molecular complexity index is 1140. The Kier molecular flexibility index (Phi) is 5.50. The molecule has 0 unspecified atom stereocenters. The number of halogens is 1. The summed E-state index contributed by atoms with van der Waals surface area (Å²) in [6, 6.07) is 16.1. The number of benzene rings is 2. The highest BCUT2D eigenvalue weighted by molar-refractivity contribution is 6.30. The smallest absolute Gasteiger partial charge is 0.348 e. The Hall–Kier alpha value is -3.25. The third kappa shape index (κ3) is 3.78. The molecule has 154 valence electrons. The molecule has 2 atom stereocenters. The zero-order chi connectivity index (χ0) is 21.3. The van der Waals surface area contributed by atoms with E-state index in [1.807, 2.05) is 24.3 Å². The van der Waals surface area contributed by atoms with E-state index in [2.05, 4.69) is 0 Å². The highest BCUT2D eigenvalue weighted by Gasteiger charge is 2.45. The molecule has 0 N–H and O–H groups in total. The Morgan fingerprint density at radius 3 is 2.60 bits per heavy atom. The number of hydrogen-bond donors (Lipinski definition) is 0. The fourth-order valence-electron chi connectivity index (χ4n) is 3.56. The number of ether oxygens (including phenoxy) is 3. The molecule has 0 fully saturated rings. The maximum atomic E-state index is 12.6. The molecule has 30 heavy (non-hydrogen) atoms. The molecule has 0 bridgehead atoms. The summed E-state index contributed by atoms with van der Waals surface area (Å²) in [5, 5.41) is 0.641. The van der Waals surface area contributed by atoms with E-state index in [0.29, 0.717) is 34.5 Å². The van der Waals surface area contributed by atoms with E-state index >= 15 is 0 Å². The minimum Gasteiger partial charge on any atom is -0.489 e. The summed E-state index contributed by atoms with van der Waals surface area (Å²) in [7, 11) is 1.28. The topological polar surface area (TPSA) is 75.0 Å². The van der Waals surface area contributed by atoms with Gasteiger partial charge in [-0.05, 0) is 30.7 Å². The van der Waals surface area contributed by atoms with Crippen molar-refractivity contribution in [1.82, 2.24) is 0 Å². The summed E-state index contributed by atoms with van der Waals surface area (Å²) in [5.74, 6) is -0.0544. The predicted octanol–water partition coefficient (Wildman–Crippen LogP) is 4.25. The van der Waals surface area contributed by atoms with Gasteiger partial charge in [0.05, 0.1) is 18.6 Å². The van der Waals surface area contributed by atoms with E-state index in [9.17, 15) is 9.59 Å². The summed E-state index contributed by atoms with van der Waals surface area (Å²) in [6.07, 6.45) is -1.02. The monoisotopic (exact) mass is 426 g/mol. The molecule has 0 spiro atoms. The summed E-state index contributed by atoms with van der Waals surface area (Å²) in [4.78, 5) is 25.1. The summed E-state index contributed by atoms with van der Waals surface area (Å²) < 4.78 is 22.0. The van der Waals surface area contributed by atoms with Crippen LogP contribution in [0, 0.1) is 6.92 Å². The van der Waals surface area contributed by atoms with Crippen molar-refractivity contribution in [1.29, 1.82) is 0 Å². The summed E-state index contributed by atoms with van der Waals surface area (Å²) in [6.45, 7) is 1.94. The first-order valence-electron chi connectivity index (χ1n) is 9.33. The molecule has 1 aliphatic rings. The van der Waals surface area contributed by atoms with Gasteiger partial charge in [-0.1, -0.05) is 41.9 Å². The molecule has 0 aliphatic carbocycles. The van der Waals surface area contributed by atoms with Gasteiger partial charge >= 0.3 is 11.6 Å². The van der Waals surface area contributed by atoms with E-state index < -0.39 is 23.6 Å². The van der Waals surface area contributed by atoms with Crippen LogP contribution in [0.5, 0.6) is 11.5 Å². The fraction of sp³-hybridized carbons (Fsp3) is 0.217. The molecule has 3 aromatic rings. The number of methoxy groups -OCH3 is 1. The van der Waals surface area contributed by atoms with Crippen LogP contribution >= 0.6 is 11.6 Å². The molecular formula is C23H19ClO6. The highest BCUT2D eigenvalue weighted by atomic mass is 35.5. The second-order valence-corrected chi connectivity index (χ2v) is 7.35. The van der Waals surface area contributed by atoms with Crippen LogP contribution in [-0.4, -0.2) is 19.2 Å². The Morgan fingerprint density at radius 1 is 1.13 bits per heavy atom. The minimum absolute atomic E-state index is 0.276. The lowest BCUT2D eigenvalue weighted by molar-refractivity contribution is -0.148. The molecule has 4 rings (SSSR count). The Balaban J connectivity index is 1.74. The van der Waals surface area contributed by atoms with E-state index in [0.717, 1.165) is 5.56 Å². The quantitative estimate of drug-likeness (QED) is 0.568. The fourth-order valence-corrected chi connectivity index (χ4v) is 3.68. The number of esters is 1. The lowest BCUT2D eigenvalue weighted by Crippen LogP contribution is -2.32. The lowest BCUT2D eigenvalue weighted by Gasteiger charge is -2.20. The van der Waals surface area contributed by atoms with E-state index in [4.69, 9.17) is 30.2 Å². The molecule has 1 aliphatic heterocycles. The first-order valence-corrected chi connectivity index (χ1v) is 9.71.